The molecule has 0 aromatic rings. The average molecular weight is 229 g/mol. The smallest absolute Gasteiger partial charge is 0.0708 e. The van der Waals surface area contributed by atoms with Crippen molar-refractivity contribution in [2.24, 2.45) is 0 Å². The van der Waals surface area contributed by atoms with Crippen LogP contribution in [0.4, 0.5) is 0 Å². The van der Waals surface area contributed by atoms with Gasteiger partial charge in [-0.15, -0.1) is 11.6 Å². The highest BCUT2D eigenvalue weighted by atomic mass is 35.5. The van der Waals surface area contributed by atoms with Gasteiger partial charge in [-0.25, -0.2) is 0 Å². The third-order valence-electron chi connectivity index (χ3n) is 2.76. The Kier molecular flexibility index (Phi) is 3.35. The minimum Gasteiger partial charge on any atom is -0.114 e. The normalized spacial score (nSPS) is 27.9. The lowest BCUT2D eigenvalue weighted by Crippen LogP contribution is -1.93. The van der Waals surface area contributed by atoms with Gasteiger partial charge in [0.05, 0.1) is 5.38 Å². The molecule has 1 atom stereocenters. The van der Waals surface area contributed by atoms with Gasteiger partial charge < -0.3 is 0 Å². The number of allylic oxidation sites excluding steroid dienone is 6. The summed E-state index contributed by atoms with van der Waals surface area (Å²) in [5.74, 6) is 0. The second-order valence-electron chi connectivity index (χ2n) is 3.93. The Labute approximate surface area is 95.3 Å². The van der Waals surface area contributed by atoms with Crippen LogP contribution in [0.1, 0.15) is 32.1 Å². The van der Waals surface area contributed by atoms with E-state index in [4.69, 9.17) is 23.2 Å². The monoisotopic (exact) mass is 228 g/mol. The summed E-state index contributed by atoms with van der Waals surface area (Å²) in [6.07, 6.45) is 12.2. The van der Waals surface area contributed by atoms with E-state index < -0.39 is 0 Å². The summed E-state index contributed by atoms with van der Waals surface area (Å²) in [6, 6.07) is 0. The summed E-state index contributed by atoms with van der Waals surface area (Å²) in [7, 11) is 0. The van der Waals surface area contributed by atoms with E-state index in [1.165, 1.54) is 30.4 Å². The highest BCUT2D eigenvalue weighted by Gasteiger charge is 2.13. The predicted molar refractivity (Wildman–Crippen MR) is 62.8 cm³/mol. The maximum absolute atomic E-state index is 6.23. The molecule has 0 radical (unpaired) electrons. The highest BCUT2D eigenvalue weighted by Crippen LogP contribution is 2.31. The first kappa shape index (κ1) is 10.3. The van der Waals surface area contributed by atoms with Gasteiger partial charge in [0.15, 0.2) is 0 Å². The van der Waals surface area contributed by atoms with E-state index in [1.807, 2.05) is 0 Å². The summed E-state index contributed by atoms with van der Waals surface area (Å²) in [5.41, 5.74) is 2.52. The van der Waals surface area contributed by atoms with Crippen molar-refractivity contribution in [1.82, 2.24) is 0 Å². The van der Waals surface area contributed by atoms with Crippen LogP contribution < -0.4 is 0 Å². The molecule has 14 heavy (non-hydrogen) atoms. The summed E-state index contributed by atoms with van der Waals surface area (Å²) in [5, 5.41) is 0.909. The third kappa shape index (κ3) is 2.43. The highest BCUT2D eigenvalue weighted by molar-refractivity contribution is 6.32. The van der Waals surface area contributed by atoms with Crippen LogP contribution in [0.3, 0.4) is 0 Å². The number of hydrogen-bond acceptors (Lipinski definition) is 0. The SMILES string of the molecule is ClC1=CC2=CC(Cl)C=C1CCCCC2. The Morgan fingerprint density at radius 2 is 1.86 bits per heavy atom. The van der Waals surface area contributed by atoms with Crippen molar-refractivity contribution in [3.05, 3.63) is 34.4 Å². The summed E-state index contributed by atoms with van der Waals surface area (Å²) < 4.78 is 0. The molecule has 0 heterocycles. The lowest BCUT2D eigenvalue weighted by molar-refractivity contribution is 0.681. The molecule has 2 bridgehead atoms. The fraction of sp³-hybridized carbons (Fsp3) is 0.500. The first-order chi connectivity index (χ1) is 6.75. The first-order valence-electron chi connectivity index (χ1n) is 5.19. The molecule has 0 aromatic heterocycles. The molecule has 76 valence electrons. The Morgan fingerprint density at radius 3 is 2.71 bits per heavy atom. The van der Waals surface area contributed by atoms with Gasteiger partial charge >= 0.3 is 0 Å². The van der Waals surface area contributed by atoms with E-state index in [0.29, 0.717) is 0 Å². The third-order valence-corrected chi connectivity index (χ3v) is 3.37. The summed E-state index contributed by atoms with van der Waals surface area (Å²) >= 11 is 12.4. The van der Waals surface area contributed by atoms with E-state index >= 15 is 0 Å². The van der Waals surface area contributed by atoms with Crippen molar-refractivity contribution in [3.63, 3.8) is 0 Å². The zero-order chi connectivity index (χ0) is 9.97. The van der Waals surface area contributed by atoms with Crippen molar-refractivity contribution in [2.75, 3.05) is 0 Å². The maximum atomic E-state index is 6.23. The van der Waals surface area contributed by atoms with Gasteiger partial charge in [0.25, 0.3) is 0 Å². The number of alkyl halides is 1. The molecule has 2 aliphatic rings. The maximum Gasteiger partial charge on any atom is 0.0708 e. The molecular formula is C12H14Cl2. The fourth-order valence-corrected chi connectivity index (χ4v) is 2.62. The standard InChI is InChI=1S/C12H14Cl2/c13-11-6-9-4-2-1-3-5-10(8-11)12(14)7-9/h6-8,11H,1-5H2. The van der Waals surface area contributed by atoms with Gasteiger partial charge in [0.1, 0.15) is 0 Å². The molecule has 0 nitrogen and oxygen atoms in total. The second kappa shape index (κ2) is 4.55. The van der Waals surface area contributed by atoms with Crippen molar-refractivity contribution in [2.45, 2.75) is 37.5 Å². The Hall–Kier alpha value is -0.200. The fourth-order valence-electron chi connectivity index (χ4n) is 2.01. The van der Waals surface area contributed by atoms with Gasteiger partial charge in [-0.2, -0.15) is 0 Å². The summed E-state index contributed by atoms with van der Waals surface area (Å²) in [6.45, 7) is 0. The number of hydrogen-bond donors (Lipinski definition) is 0. The molecule has 0 aromatic carbocycles. The predicted octanol–water partition coefficient (Wildman–Crippen LogP) is 4.55. The Bertz CT molecular complexity index is 310. The molecule has 0 fully saturated rings. The van der Waals surface area contributed by atoms with Crippen molar-refractivity contribution >= 4 is 23.2 Å². The Balaban J connectivity index is 2.35. The zero-order valence-corrected chi connectivity index (χ0v) is 9.61. The average Bonchev–Trinajstić information content (AvgIpc) is 2.20. The number of halogens is 2. The van der Waals surface area contributed by atoms with Gasteiger partial charge in [-0.1, -0.05) is 30.2 Å². The molecular weight excluding hydrogens is 215 g/mol. The van der Waals surface area contributed by atoms with Crippen LogP contribution in [0.25, 0.3) is 0 Å². The van der Waals surface area contributed by atoms with Crippen LogP contribution in [-0.4, -0.2) is 5.38 Å². The lowest BCUT2D eigenvalue weighted by Gasteiger charge is -2.06. The van der Waals surface area contributed by atoms with Gasteiger partial charge in [-0.3, -0.25) is 0 Å². The van der Waals surface area contributed by atoms with Gasteiger partial charge in [0, 0.05) is 5.03 Å². The molecule has 0 N–H and O–H groups in total. The van der Waals surface area contributed by atoms with E-state index in [9.17, 15) is 0 Å². The summed E-state index contributed by atoms with van der Waals surface area (Å²) in [4.78, 5) is 0. The minimum absolute atomic E-state index is 0.0191. The van der Waals surface area contributed by atoms with E-state index in [2.05, 4.69) is 18.2 Å². The van der Waals surface area contributed by atoms with Crippen LogP contribution in [0.15, 0.2) is 34.4 Å². The largest absolute Gasteiger partial charge is 0.114 e. The molecule has 0 amide bonds. The molecule has 1 unspecified atom stereocenters. The van der Waals surface area contributed by atoms with Crippen LogP contribution in [0.2, 0.25) is 0 Å². The molecule has 0 saturated heterocycles. The number of rotatable bonds is 0. The first-order valence-corrected chi connectivity index (χ1v) is 6.00. The molecule has 0 spiro atoms. The minimum atomic E-state index is 0.0191. The molecule has 2 aliphatic carbocycles. The van der Waals surface area contributed by atoms with Crippen LogP contribution in [0, 0.1) is 0 Å². The molecule has 2 rings (SSSR count). The molecule has 0 saturated carbocycles. The van der Waals surface area contributed by atoms with Crippen molar-refractivity contribution in [3.8, 4) is 0 Å². The zero-order valence-electron chi connectivity index (χ0n) is 8.10. The lowest BCUT2D eigenvalue weighted by atomic mass is 10.0. The topological polar surface area (TPSA) is 0 Å². The Morgan fingerprint density at radius 1 is 1.07 bits per heavy atom. The quantitative estimate of drug-likeness (QED) is 0.534. The number of fused-ring (bicyclic) bond motifs is 2. The van der Waals surface area contributed by atoms with Crippen LogP contribution >= 0.6 is 23.2 Å². The van der Waals surface area contributed by atoms with E-state index in [0.717, 1.165) is 17.9 Å². The second-order valence-corrected chi connectivity index (χ2v) is 4.84. The van der Waals surface area contributed by atoms with Gasteiger partial charge in [0.2, 0.25) is 0 Å². The van der Waals surface area contributed by atoms with E-state index in [1.54, 1.807) is 0 Å². The van der Waals surface area contributed by atoms with Gasteiger partial charge in [-0.05, 0) is 42.9 Å². The molecule has 2 heteroatoms. The molecule has 0 aliphatic heterocycles. The van der Waals surface area contributed by atoms with Crippen LogP contribution in [0.5, 0.6) is 0 Å². The van der Waals surface area contributed by atoms with Crippen molar-refractivity contribution in [1.29, 1.82) is 0 Å². The van der Waals surface area contributed by atoms with E-state index in [-0.39, 0.29) is 5.38 Å². The van der Waals surface area contributed by atoms with Crippen molar-refractivity contribution < 1.29 is 0 Å². The van der Waals surface area contributed by atoms with Crippen LogP contribution in [-0.2, 0) is 0 Å².